The molecule has 0 aromatic heterocycles. The summed E-state index contributed by atoms with van der Waals surface area (Å²) in [5.74, 6) is 0. The fraction of sp³-hybridized carbons (Fsp3) is 0.625. The lowest BCUT2D eigenvalue weighted by molar-refractivity contribution is 0.258. The molecule has 0 spiro atoms. The Labute approximate surface area is 127 Å². The molecular weight excluding hydrogens is 270 g/mol. The number of halogens is 1. The SMILES string of the molecule is CCCN1CCN(c2ccc(Cl)cc2CC(C)N)CC1. The Kier molecular flexibility index (Phi) is 5.70. The second kappa shape index (κ2) is 7.30. The quantitative estimate of drug-likeness (QED) is 0.907. The molecule has 0 amide bonds. The van der Waals surface area contributed by atoms with Gasteiger partial charge in [-0.15, -0.1) is 0 Å². The van der Waals surface area contributed by atoms with Crippen LogP contribution in [0.3, 0.4) is 0 Å². The predicted molar refractivity (Wildman–Crippen MR) is 87.7 cm³/mol. The fourth-order valence-electron chi connectivity index (χ4n) is 2.90. The van der Waals surface area contributed by atoms with Crippen LogP contribution in [0.1, 0.15) is 25.8 Å². The Morgan fingerprint density at radius 3 is 2.55 bits per heavy atom. The van der Waals surface area contributed by atoms with E-state index in [-0.39, 0.29) is 6.04 Å². The van der Waals surface area contributed by atoms with Crippen LogP contribution in [-0.4, -0.2) is 43.7 Å². The summed E-state index contributed by atoms with van der Waals surface area (Å²) in [6.45, 7) is 9.97. The van der Waals surface area contributed by atoms with Gasteiger partial charge < -0.3 is 10.6 Å². The molecule has 0 radical (unpaired) electrons. The van der Waals surface area contributed by atoms with E-state index in [1.807, 2.05) is 13.0 Å². The van der Waals surface area contributed by atoms with Gasteiger partial charge in [0, 0.05) is 42.9 Å². The molecule has 1 aromatic rings. The molecule has 1 saturated heterocycles. The van der Waals surface area contributed by atoms with Gasteiger partial charge in [0.15, 0.2) is 0 Å². The van der Waals surface area contributed by atoms with E-state index in [1.54, 1.807) is 0 Å². The van der Waals surface area contributed by atoms with Crippen LogP contribution < -0.4 is 10.6 Å². The number of piperazine rings is 1. The summed E-state index contributed by atoms with van der Waals surface area (Å²) >= 11 is 6.14. The van der Waals surface area contributed by atoms with Crippen molar-refractivity contribution >= 4 is 17.3 Å². The Morgan fingerprint density at radius 1 is 1.25 bits per heavy atom. The van der Waals surface area contributed by atoms with Gasteiger partial charge in [-0.05, 0) is 50.1 Å². The van der Waals surface area contributed by atoms with Crippen LogP contribution in [-0.2, 0) is 6.42 Å². The molecule has 1 unspecified atom stereocenters. The molecular formula is C16H26ClN3. The van der Waals surface area contributed by atoms with Gasteiger partial charge in [-0.2, -0.15) is 0 Å². The topological polar surface area (TPSA) is 32.5 Å². The van der Waals surface area contributed by atoms with Gasteiger partial charge in [0.2, 0.25) is 0 Å². The van der Waals surface area contributed by atoms with Crippen LogP contribution >= 0.6 is 11.6 Å². The molecule has 0 aliphatic carbocycles. The summed E-state index contributed by atoms with van der Waals surface area (Å²) in [5.41, 5.74) is 8.55. The van der Waals surface area contributed by atoms with Crippen molar-refractivity contribution in [1.82, 2.24) is 4.90 Å². The number of hydrogen-bond donors (Lipinski definition) is 1. The van der Waals surface area contributed by atoms with Crippen molar-refractivity contribution in [3.8, 4) is 0 Å². The number of benzene rings is 1. The van der Waals surface area contributed by atoms with Crippen molar-refractivity contribution in [3.05, 3.63) is 28.8 Å². The van der Waals surface area contributed by atoms with Crippen molar-refractivity contribution in [2.24, 2.45) is 5.73 Å². The minimum absolute atomic E-state index is 0.161. The van der Waals surface area contributed by atoms with E-state index < -0.39 is 0 Å². The zero-order valence-corrected chi connectivity index (χ0v) is 13.4. The van der Waals surface area contributed by atoms with Crippen molar-refractivity contribution in [1.29, 1.82) is 0 Å². The van der Waals surface area contributed by atoms with E-state index >= 15 is 0 Å². The van der Waals surface area contributed by atoms with Gasteiger partial charge in [0.25, 0.3) is 0 Å². The first-order chi connectivity index (χ1) is 9.60. The maximum absolute atomic E-state index is 6.14. The molecule has 1 aliphatic rings. The highest BCUT2D eigenvalue weighted by Gasteiger charge is 2.19. The number of anilines is 1. The van der Waals surface area contributed by atoms with Crippen LogP contribution in [0.25, 0.3) is 0 Å². The molecule has 1 atom stereocenters. The Hall–Kier alpha value is -0.770. The first kappa shape index (κ1) is 15.6. The first-order valence-corrected chi connectivity index (χ1v) is 7.99. The van der Waals surface area contributed by atoms with Gasteiger partial charge in [-0.1, -0.05) is 18.5 Å². The number of hydrogen-bond acceptors (Lipinski definition) is 3. The first-order valence-electron chi connectivity index (χ1n) is 7.61. The lowest BCUT2D eigenvalue weighted by Crippen LogP contribution is -2.46. The molecule has 1 aliphatic heterocycles. The molecule has 20 heavy (non-hydrogen) atoms. The number of nitrogens with two attached hydrogens (primary N) is 1. The van der Waals surface area contributed by atoms with E-state index in [1.165, 1.54) is 24.2 Å². The minimum Gasteiger partial charge on any atom is -0.369 e. The monoisotopic (exact) mass is 295 g/mol. The third-order valence-electron chi connectivity index (χ3n) is 3.84. The van der Waals surface area contributed by atoms with Crippen LogP contribution in [0.15, 0.2) is 18.2 Å². The second-order valence-electron chi connectivity index (χ2n) is 5.78. The average Bonchev–Trinajstić information content (AvgIpc) is 2.40. The van der Waals surface area contributed by atoms with E-state index in [0.717, 1.165) is 37.6 Å². The highest BCUT2D eigenvalue weighted by molar-refractivity contribution is 6.30. The Morgan fingerprint density at radius 2 is 1.95 bits per heavy atom. The van der Waals surface area contributed by atoms with Crippen molar-refractivity contribution in [2.75, 3.05) is 37.6 Å². The van der Waals surface area contributed by atoms with Crippen molar-refractivity contribution in [2.45, 2.75) is 32.7 Å². The minimum atomic E-state index is 0.161. The van der Waals surface area contributed by atoms with E-state index in [2.05, 4.69) is 28.9 Å². The third kappa shape index (κ3) is 4.11. The van der Waals surface area contributed by atoms with Crippen LogP contribution in [0, 0.1) is 0 Å². The highest BCUT2D eigenvalue weighted by atomic mass is 35.5. The fourth-order valence-corrected chi connectivity index (χ4v) is 3.10. The second-order valence-corrected chi connectivity index (χ2v) is 6.22. The van der Waals surface area contributed by atoms with Gasteiger partial charge >= 0.3 is 0 Å². The van der Waals surface area contributed by atoms with E-state index in [4.69, 9.17) is 17.3 Å². The molecule has 4 heteroatoms. The average molecular weight is 296 g/mol. The molecule has 3 nitrogen and oxygen atoms in total. The molecule has 0 bridgehead atoms. The van der Waals surface area contributed by atoms with Crippen LogP contribution in [0.5, 0.6) is 0 Å². The van der Waals surface area contributed by atoms with Gasteiger partial charge in [-0.3, -0.25) is 4.90 Å². The number of nitrogens with zero attached hydrogens (tertiary/aromatic N) is 2. The summed E-state index contributed by atoms with van der Waals surface area (Å²) in [7, 11) is 0. The highest BCUT2D eigenvalue weighted by Crippen LogP contribution is 2.26. The lowest BCUT2D eigenvalue weighted by atomic mass is 10.0. The lowest BCUT2D eigenvalue weighted by Gasteiger charge is -2.37. The molecule has 1 heterocycles. The zero-order valence-electron chi connectivity index (χ0n) is 12.6. The molecule has 0 saturated carbocycles. The summed E-state index contributed by atoms with van der Waals surface area (Å²) in [6.07, 6.45) is 2.11. The molecule has 1 fully saturated rings. The summed E-state index contributed by atoms with van der Waals surface area (Å²) in [5, 5.41) is 0.800. The van der Waals surface area contributed by atoms with E-state index in [9.17, 15) is 0 Å². The summed E-state index contributed by atoms with van der Waals surface area (Å²) in [4.78, 5) is 5.01. The largest absolute Gasteiger partial charge is 0.369 e. The Bertz CT molecular complexity index is 426. The maximum Gasteiger partial charge on any atom is 0.0410 e. The summed E-state index contributed by atoms with van der Waals surface area (Å²) < 4.78 is 0. The van der Waals surface area contributed by atoms with Crippen LogP contribution in [0.4, 0.5) is 5.69 Å². The molecule has 2 N–H and O–H groups in total. The number of rotatable bonds is 5. The smallest absolute Gasteiger partial charge is 0.0410 e. The predicted octanol–water partition coefficient (Wildman–Crippen LogP) is 2.76. The van der Waals surface area contributed by atoms with Gasteiger partial charge in [0.1, 0.15) is 0 Å². The Balaban J connectivity index is 2.09. The normalized spacial score (nSPS) is 18.3. The molecule has 2 rings (SSSR count). The van der Waals surface area contributed by atoms with E-state index in [0.29, 0.717) is 0 Å². The third-order valence-corrected chi connectivity index (χ3v) is 4.07. The van der Waals surface area contributed by atoms with Gasteiger partial charge in [0.05, 0.1) is 0 Å². The van der Waals surface area contributed by atoms with Gasteiger partial charge in [-0.25, -0.2) is 0 Å². The standard InChI is InChI=1S/C16H26ClN3/c1-3-6-19-7-9-20(10-8-19)16-5-4-15(17)12-14(16)11-13(2)18/h4-5,12-13H,3,6-11,18H2,1-2H3. The molecule has 112 valence electrons. The summed E-state index contributed by atoms with van der Waals surface area (Å²) in [6, 6.07) is 6.36. The maximum atomic E-state index is 6.14. The van der Waals surface area contributed by atoms with Crippen LogP contribution in [0.2, 0.25) is 5.02 Å². The van der Waals surface area contributed by atoms with Crippen molar-refractivity contribution < 1.29 is 0 Å². The van der Waals surface area contributed by atoms with Crippen molar-refractivity contribution in [3.63, 3.8) is 0 Å². The molecule has 1 aromatic carbocycles. The zero-order chi connectivity index (χ0) is 14.5.